The number of H-pyrrole nitrogens is 1. The van der Waals surface area contributed by atoms with E-state index in [4.69, 9.17) is 50.3 Å². The number of benzene rings is 1. The van der Waals surface area contributed by atoms with Gasteiger partial charge in [-0.1, -0.05) is 86.4 Å². The Hall–Kier alpha value is -11.3. The Morgan fingerprint density at radius 2 is 0.854 bits per heavy atom. The summed E-state index contributed by atoms with van der Waals surface area (Å²) in [5.74, 6) is -15.0. The lowest BCUT2D eigenvalue weighted by molar-refractivity contribution is -0.145. The van der Waals surface area contributed by atoms with Crippen molar-refractivity contribution in [3.63, 3.8) is 0 Å². The first-order valence-electron chi connectivity index (χ1n) is 41.9. The monoisotopic (exact) mass is 1750 g/mol. The molecule has 123 heavy (non-hydrogen) atoms. The maximum absolute atomic E-state index is 14.9. The SMILES string of the molecule is CC[C@H](C)[C@H](NC(=O)[C@H](CCCNC(=N)N)NC(=O)[C@H](Cc1c[nH]c2ccccc12)NC(=O)[C@H](CC(C)C)NC(=O)[C@@H]1CCCN1C(=O)[C@@H](NC(=O)[C@H](CCSC)NC(=O)[C@H](CCCNC(=N)N)NC(=O)[C@H](C)NC(=O)[C@@H](NC(=O)[C@H](CCCNC(=N)N)NC(=O)[C@H](CCCNC(=N)N)NC(=O)[C@H](CC(C)C)NC(=O)[C@H](C)N)[C@@H](C)CC)[C@@H](C)O)C(=O)O. The van der Waals surface area contributed by atoms with E-state index in [1.807, 2.05) is 13.8 Å². The lowest BCUT2D eigenvalue weighted by Crippen LogP contribution is -2.62. The predicted molar refractivity (Wildman–Crippen MR) is 466 cm³/mol. The Morgan fingerprint density at radius 1 is 0.480 bits per heavy atom. The highest BCUT2D eigenvalue weighted by molar-refractivity contribution is 7.98. The van der Waals surface area contributed by atoms with Crippen LogP contribution in [0.1, 0.15) is 178 Å². The molecule has 690 valence electrons. The first-order chi connectivity index (χ1) is 57.9. The Kier molecular flexibility index (Phi) is 46.7. The molecular weight excluding hydrogens is 1620 g/mol. The second kappa shape index (κ2) is 54.2. The Morgan fingerprint density at radius 3 is 1.27 bits per heavy atom. The van der Waals surface area contributed by atoms with Crippen molar-refractivity contribution in [3.8, 4) is 0 Å². The number of nitrogens with zero attached hydrogens (tertiary/aromatic N) is 1. The van der Waals surface area contributed by atoms with Crippen molar-refractivity contribution in [2.75, 3.05) is 44.7 Å². The fourth-order valence-corrected chi connectivity index (χ4v) is 13.9. The van der Waals surface area contributed by atoms with Crippen LogP contribution in [0.25, 0.3) is 10.9 Å². The molecule has 3 rings (SSSR count). The number of nitrogens with two attached hydrogens (primary N) is 5. The molecule has 0 aliphatic carbocycles. The lowest BCUT2D eigenvalue weighted by atomic mass is 9.97. The minimum Gasteiger partial charge on any atom is -0.480 e. The fraction of sp³-hybridized carbons (Fsp3) is 0.671. The molecule has 1 aliphatic heterocycles. The zero-order valence-electron chi connectivity index (χ0n) is 72.8. The van der Waals surface area contributed by atoms with Crippen molar-refractivity contribution in [2.45, 2.75) is 270 Å². The summed E-state index contributed by atoms with van der Waals surface area (Å²) in [5, 5.41) is 95.3. The largest absolute Gasteiger partial charge is 0.480 e. The molecule has 2 heterocycles. The van der Waals surface area contributed by atoms with Crippen molar-refractivity contribution in [1.29, 1.82) is 21.6 Å². The Balaban J connectivity index is 1.96. The molecule has 0 unspecified atom stereocenters. The second-order valence-corrected chi connectivity index (χ2v) is 33.0. The minimum absolute atomic E-state index is 0.00288. The van der Waals surface area contributed by atoms with E-state index in [-0.39, 0.29) is 165 Å². The van der Waals surface area contributed by atoms with Gasteiger partial charge in [-0.3, -0.25) is 84.0 Å². The van der Waals surface area contributed by atoms with Crippen LogP contribution in [0.5, 0.6) is 0 Å². The van der Waals surface area contributed by atoms with Crippen molar-refractivity contribution in [3.05, 3.63) is 36.0 Å². The van der Waals surface area contributed by atoms with Crippen LogP contribution in [0, 0.1) is 45.3 Å². The summed E-state index contributed by atoms with van der Waals surface area (Å²) in [4.78, 5) is 204. The van der Waals surface area contributed by atoms with Gasteiger partial charge in [-0.05, 0) is 152 Å². The van der Waals surface area contributed by atoms with Gasteiger partial charge in [-0.15, -0.1) is 0 Å². The number of thioether (sulfide) groups is 1. The highest BCUT2D eigenvalue weighted by Crippen LogP contribution is 2.24. The van der Waals surface area contributed by atoms with Crippen LogP contribution in [-0.4, -0.2) is 262 Å². The van der Waals surface area contributed by atoms with E-state index in [1.54, 1.807) is 78.3 Å². The van der Waals surface area contributed by atoms with Gasteiger partial charge in [0, 0.05) is 56.2 Å². The first kappa shape index (κ1) is 106. The number of aromatic amines is 1. The van der Waals surface area contributed by atoms with Gasteiger partial charge in [0.1, 0.15) is 78.5 Å². The molecule has 2 aromatic rings. The maximum Gasteiger partial charge on any atom is 0.326 e. The molecule has 44 heteroatoms. The standard InChI is InChI=1S/C79H137N27O16S/c1-13-42(7)59(103-66(112)52(26-19-32-91-78(85)86)96-65(111)51(25-18-31-90-77(83)84)97-69(115)55(36-40(3)4)100-62(108)44(9)80)73(119)94-45(10)63(109)95-50(24-17-30-89-76(81)82)64(110)99-54(29-35-123-12)68(114)105-61(46(11)107)74(120)106-34-21-28-58(106)72(118)102-56(37-41(5)6)70(116)101-57(38-47-39-93-49-23-16-15-22-48(47)49)71(117)98-53(27-20-33-92-79(87)88)67(113)104-60(75(121)122)43(8)14-2/h15-16,22-23,39-46,50-61,93,107H,13-14,17-21,24-38,80H2,1-12H3,(H,94,119)(H,95,109)(H,96,111)(H,97,115)(H,98,117)(H,99,110)(H,100,108)(H,101,116)(H,102,118)(H,103,112)(H,104,113)(H,105,114)(H,121,122)(H4,81,82,89)(H4,83,84,90)(H4,85,86,91)(H4,87,88,92)/t42-,43-,44-,45-,46+,50-,51-,52-,53-,54-,55-,56-,57-,58-,59-,60-,61-/m0/s1. The number of amides is 13. The van der Waals surface area contributed by atoms with E-state index in [9.17, 15) is 77.3 Å². The van der Waals surface area contributed by atoms with Gasteiger partial charge in [0.25, 0.3) is 0 Å². The molecule has 0 bridgehead atoms. The molecule has 43 nitrogen and oxygen atoms in total. The summed E-state index contributed by atoms with van der Waals surface area (Å²) >= 11 is 1.30. The number of hydrogen-bond acceptors (Lipinski definition) is 21. The molecule has 17 atom stereocenters. The molecule has 0 spiro atoms. The third-order valence-electron chi connectivity index (χ3n) is 20.7. The number of carbonyl (C=O) groups excluding carboxylic acids is 13. The Labute approximate surface area is 722 Å². The van der Waals surface area contributed by atoms with Gasteiger partial charge < -0.3 is 134 Å². The number of nitrogens with one attached hydrogen (secondary N) is 21. The number of para-hydroxylation sites is 1. The first-order valence-corrected chi connectivity index (χ1v) is 43.3. The van der Waals surface area contributed by atoms with Crippen LogP contribution < -0.4 is 114 Å². The highest BCUT2D eigenvalue weighted by atomic mass is 32.2. The van der Waals surface area contributed by atoms with Crippen molar-refractivity contribution in [2.24, 2.45) is 52.3 Å². The number of guanidine groups is 4. The number of aromatic nitrogens is 1. The van der Waals surface area contributed by atoms with Crippen LogP contribution in [-0.2, 0) is 73.5 Å². The number of carbonyl (C=O) groups is 14. The second-order valence-electron chi connectivity index (χ2n) is 32.0. The number of carboxylic acids is 1. The van der Waals surface area contributed by atoms with E-state index >= 15 is 0 Å². The van der Waals surface area contributed by atoms with Gasteiger partial charge in [-0.2, -0.15) is 11.8 Å². The number of hydrogen-bond donors (Lipinski definition) is 28. The summed E-state index contributed by atoms with van der Waals surface area (Å²) in [6.07, 6.45) is 2.82. The van der Waals surface area contributed by atoms with Crippen LogP contribution >= 0.6 is 11.8 Å². The number of rotatable bonds is 56. The number of carboxylic acid groups (broad SMARTS) is 1. The average Bonchev–Trinajstić information content (AvgIpc) is 1.68. The molecule has 1 aliphatic rings. The van der Waals surface area contributed by atoms with E-state index in [0.29, 0.717) is 22.9 Å². The quantitative estimate of drug-likeness (QED) is 0.0172. The molecule has 13 amide bonds. The zero-order chi connectivity index (χ0) is 92.5. The summed E-state index contributed by atoms with van der Waals surface area (Å²) in [5.41, 5.74) is 29.2. The van der Waals surface area contributed by atoms with Gasteiger partial charge in [0.05, 0.1) is 12.1 Å². The molecule has 1 aromatic carbocycles. The molecule has 1 aromatic heterocycles. The molecule has 1 saturated heterocycles. The third-order valence-corrected chi connectivity index (χ3v) is 21.4. The molecular formula is C79H137N27O16S. The van der Waals surface area contributed by atoms with Gasteiger partial charge >= 0.3 is 5.97 Å². The van der Waals surface area contributed by atoms with E-state index in [2.05, 4.69) is 90.1 Å². The van der Waals surface area contributed by atoms with Crippen LogP contribution in [0.2, 0.25) is 0 Å². The van der Waals surface area contributed by atoms with Crippen LogP contribution in [0.3, 0.4) is 0 Å². The zero-order valence-corrected chi connectivity index (χ0v) is 73.6. The summed E-state index contributed by atoms with van der Waals surface area (Å²) in [7, 11) is 0. The van der Waals surface area contributed by atoms with Crippen molar-refractivity contribution < 1.29 is 77.3 Å². The number of fused-ring (bicyclic) bond motifs is 1. The Bertz CT molecular complexity index is 3900. The normalized spacial score (nSPS) is 16.4. The smallest absolute Gasteiger partial charge is 0.326 e. The van der Waals surface area contributed by atoms with E-state index < -0.39 is 191 Å². The number of aliphatic carboxylic acids is 1. The summed E-state index contributed by atoms with van der Waals surface area (Å²) < 4.78 is 0. The van der Waals surface area contributed by atoms with E-state index in [0.717, 1.165) is 4.90 Å². The molecule has 0 radical (unpaired) electrons. The topological polar surface area (TPSA) is 716 Å². The van der Waals surface area contributed by atoms with Gasteiger partial charge in [0.2, 0.25) is 76.8 Å². The maximum atomic E-state index is 14.9. The summed E-state index contributed by atoms with van der Waals surface area (Å²) in [6.45, 7) is 18.2. The highest BCUT2D eigenvalue weighted by Gasteiger charge is 2.43. The average molecular weight is 1750 g/mol. The number of aliphatic hydroxyl groups is 1. The van der Waals surface area contributed by atoms with Gasteiger partial charge in [0.15, 0.2) is 23.8 Å². The fourth-order valence-electron chi connectivity index (χ4n) is 13.4. The number of aliphatic hydroxyl groups excluding tert-OH is 1. The van der Waals surface area contributed by atoms with Crippen LogP contribution in [0.4, 0.5) is 0 Å². The molecule has 1 fully saturated rings. The number of likely N-dealkylation sites (tertiary alicyclic amines) is 1. The van der Waals surface area contributed by atoms with Crippen LogP contribution in [0.15, 0.2) is 30.5 Å². The molecule has 33 N–H and O–H groups in total. The van der Waals surface area contributed by atoms with Crippen molar-refractivity contribution in [1.82, 2.24) is 95.0 Å². The van der Waals surface area contributed by atoms with Gasteiger partial charge in [-0.25, -0.2) is 4.79 Å². The summed E-state index contributed by atoms with van der Waals surface area (Å²) in [6, 6.07) is -12.0. The van der Waals surface area contributed by atoms with E-state index in [1.165, 1.54) is 32.5 Å². The third kappa shape index (κ3) is 37.5. The van der Waals surface area contributed by atoms with Crippen molar-refractivity contribution >= 4 is 129 Å². The molecule has 0 saturated carbocycles. The lowest BCUT2D eigenvalue weighted by Gasteiger charge is -2.32. The minimum atomic E-state index is -1.75. The predicted octanol–water partition coefficient (Wildman–Crippen LogP) is -3.66.